The van der Waals surface area contributed by atoms with Crippen molar-refractivity contribution >= 4 is 21.4 Å². The van der Waals surface area contributed by atoms with Crippen LogP contribution < -0.4 is 0 Å². The van der Waals surface area contributed by atoms with Gasteiger partial charge in [-0.05, 0) is 49.8 Å². The fraction of sp³-hybridized carbons (Fsp3) is 0.500. The SMILES string of the molecule is OC(CC[C@@H]1C[C@@H](O)C[C@H]1O)c1cc2c(F)cccc2s1. The van der Waals surface area contributed by atoms with Crippen molar-refractivity contribution < 1.29 is 19.7 Å². The minimum atomic E-state index is -0.647. The Morgan fingerprint density at radius 1 is 1.29 bits per heavy atom. The maximum Gasteiger partial charge on any atom is 0.131 e. The second-order valence-electron chi connectivity index (χ2n) is 5.85. The first-order valence-electron chi connectivity index (χ1n) is 7.26. The van der Waals surface area contributed by atoms with Crippen LogP contribution in [0, 0.1) is 11.7 Å². The molecule has 4 atom stereocenters. The van der Waals surface area contributed by atoms with Crippen molar-refractivity contribution in [3.63, 3.8) is 0 Å². The van der Waals surface area contributed by atoms with Crippen molar-refractivity contribution in [3.05, 3.63) is 35.0 Å². The fourth-order valence-electron chi connectivity index (χ4n) is 3.11. The van der Waals surface area contributed by atoms with Gasteiger partial charge in [-0.3, -0.25) is 0 Å². The van der Waals surface area contributed by atoms with Crippen molar-refractivity contribution in [2.45, 2.75) is 44.0 Å². The summed E-state index contributed by atoms with van der Waals surface area (Å²) in [5.41, 5.74) is 0. The van der Waals surface area contributed by atoms with Crippen molar-refractivity contribution in [2.75, 3.05) is 0 Å². The van der Waals surface area contributed by atoms with Gasteiger partial charge in [-0.2, -0.15) is 0 Å². The highest BCUT2D eigenvalue weighted by Gasteiger charge is 2.31. The minimum Gasteiger partial charge on any atom is -0.393 e. The molecule has 1 saturated carbocycles. The molecular weight excluding hydrogens is 291 g/mol. The topological polar surface area (TPSA) is 60.7 Å². The standard InChI is InChI=1S/C16H19FO3S/c17-12-2-1-3-15-11(12)8-16(21-15)13(19)5-4-9-6-10(18)7-14(9)20/h1-3,8-10,13-14,18-20H,4-7H2/t9-,10-,13?,14-/m1/s1. The third kappa shape index (κ3) is 3.11. The monoisotopic (exact) mass is 310 g/mol. The van der Waals surface area contributed by atoms with E-state index in [1.54, 1.807) is 12.1 Å². The Balaban J connectivity index is 1.67. The summed E-state index contributed by atoms with van der Waals surface area (Å²) in [6.07, 6.45) is 0.641. The summed E-state index contributed by atoms with van der Waals surface area (Å²) in [7, 11) is 0. The fourth-order valence-corrected chi connectivity index (χ4v) is 4.21. The van der Waals surface area contributed by atoms with Crippen LogP contribution in [0.2, 0.25) is 0 Å². The van der Waals surface area contributed by atoms with Gasteiger partial charge in [-0.1, -0.05) is 6.07 Å². The van der Waals surface area contributed by atoms with Crippen LogP contribution in [0.5, 0.6) is 0 Å². The van der Waals surface area contributed by atoms with Crippen molar-refractivity contribution in [2.24, 2.45) is 5.92 Å². The average molecular weight is 310 g/mol. The Morgan fingerprint density at radius 3 is 2.76 bits per heavy atom. The molecule has 0 spiro atoms. The molecule has 1 aromatic heterocycles. The lowest BCUT2D eigenvalue weighted by atomic mass is 9.97. The zero-order valence-corrected chi connectivity index (χ0v) is 12.4. The third-order valence-electron chi connectivity index (χ3n) is 4.30. The molecule has 0 bridgehead atoms. The van der Waals surface area contributed by atoms with E-state index in [1.165, 1.54) is 17.4 Å². The molecule has 5 heteroatoms. The van der Waals surface area contributed by atoms with E-state index >= 15 is 0 Å². The van der Waals surface area contributed by atoms with E-state index in [1.807, 2.05) is 6.07 Å². The minimum absolute atomic E-state index is 0.0424. The van der Waals surface area contributed by atoms with E-state index in [0.29, 0.717) is 31.1 Å². The molecule has 3 nitrogen and oxygen atoms in total. The van der Waals surface area contributed by atoms with E-state index in [9.17, 15) is 19.7 Å². The number of benzene rings is 1. The summed E-state index contributed by atoms with van der Waals surface area (Å²) >= 11 is 1.40. The van der Waals surface area contributed by atoms with Gasteiger partial charge in [0.1, 0.15) is 5.82 Å². The Hall–Kier alpha value is -1.01. The number of fused-ring (bicyclic) bond motifs is 1. The van der Waals surface area contributed by atoms with Crippen LogP contribution in [0.3, 0.4) is 0 Å². The molecule has 21 heavy (non-hydrogen) atoms. The number of thiophene rings is 1. The Morgan fingerprint density at radius 2 is 2.10 bits per heavy atom. The van der Waals surface area contributed by atoms with Crippen LogP contribution in [-0.4, -0.2) is 27.5 Å². The van der Waals surface area contributed by atoms with Crippen LogP contribution >= 0.6 is 11.3 Å². The normalized spacial score (nSPS) is 27.3. The summed E-state index contributed by atoms with van der Waals surface area (Å²) in [4.78, 5) is 0.753. The molecular formula is C16H19FO3S. The van der Waals surface area contributed by atoms with Crippen LogP contribution in [0.4, 0.5) is 4.39 Å². The number of aliphatic hydroxyl groups is 3. The van der Waals surface area contributed by atoms with Gasteiger partial charge >= 0.3 is 0 Å². The van der Waals surface area contributed by atoms with E-state index in [2.05, 4.69) is 0 Å². The van der Waals surface area contributed by atoms with E-state index < -0.39 is 18.3 Å². The van der Waals surface area contributed by atoms with Crippen LogP contribution in [0.15, 0.2) is 24.3 Å². The first kappa shape index (κ1) is 14.9. The lowest BCUT2D eigenvalue weighted by Crippen LogP contribution is -2.13. The van der Waals surface area contributed by atoms with Gasteiger partial charge < -0.3 is 15.3 Å². The molecule has 1 unspecified atom stereocenters. The molecule has 1 aliphatic carbocycles. The smallest absolute Gasteiger partial charge is 0.131 e. The average Bonchev–Trinajstić information content (AvgIpc) is 3.00. The lowest BCUT2D eigenvalue weighted by Gasteiger charge is -2.15. The number of halogens is 1. The molecule has 2 aromatic rings. The molecule has 1 aromatic carbocycles. The number of aliphatic hydroxyl groups excluding tert-OH is 3. The zero-order valence-electron chi connectivity index (χ0n) is 11.6. The second-order valence-corrected chi connectivity index (χ2v) is 6.96. The summed E-state index contributed by atoms with van der Waals surface area (Å²) in [6, 6.07) is 6.64. The highest BCUT2D eigenvalue weighted by Crippen LogP contribution is 2.36. The molecule has 1 aliphatic rings. The lowest BCUT2D eigenvalue weighted by molar-refractivity contribution is 0.103. The quantitative estimate of drug-likeness (QED) is 0.813. The molecule has 114 valence electrons. The van der Waals surface area contributed by atoms with Gasteiger partial charge in [0.2, 0.25) is 0 Å². The Kier molecular flexibility index (Phi) is 4.26. The van der Waals surface area contributed by atoms with Gasteiger partial charge in [-0.25, -0.2) is 4.39 Å². The highest BCUT2D eigenvalue weighted by molar-refractivity contribution is 7.19. The zero-order chi connectivity index (χ0) is 15.0. The maximum atomic E-state index is 13.7. The molecule has 0 aliphatic heterocycles. The van der Waals surface area contributed by atoms with Crippen LogP contribution in [0.25, 0.3) is 10.1 Å². The van der Waals surface area contributed by atoms with Crippen LogP contribution in [-0.2, 0) is 0 Å². The molecule has 0 saturated heterocycles. The summed E-state index contributed by atoms with van der Waals surface area (Å²) in [5.74, 6) is -0.225. The number of hydrogen-bond donors (Lipinski definition) is 3. The summed E-state index contributed by atoms with van der Waals surface area (Å²) < 4.78 is 14.5. The Bertz CT molecular complexity index is 627. The van der Waals surface area contributed by atoms with Crippen molar-refractivity contribution in [1.82, 2.24) is 0 Å². The van der Waals surface area contributed by atoms with E-state index in [-0.39, 0.29) is 11.7 Å². The first-order valence-corrected chi connectivity index (χ1v) is 8.08. The Labute approximate surface area is 126 Å². The van der Waals surface area contributed by atoms with Gasteiger partial charge in [-0.15, -0.1) is 11.3 Å². The van der Waals surface area contributed by atoms with E-state index in [4.69, 9.17) is 0 Å². The third-order valence-corrected chi connectivity index (χ3v) is 5.50. The predicted molar refractivity (Wildman–Crippen MR) is 80.7 cm³/mol. The summed E-state index contributed by atoms with van der Waals surface area (Å²) in [5, 5.41) is 30.1. The molecule has 0 radical (unpaired) electrons. The first-order chi connectivity index (χ1) is 10.0. The van der Waals surface area contributed by atoms with E-state index in [0.717, 1.165) is 9.58 Å². The summed E-state index contributed by atoms with van der Waals surface area (Å²) in [6.45, 7) is 0. The van der Waals surface area contributed by atoms with Crippen molar-refractivity contribution in [1.29, 1.82) is 0 Å². The molecule has 3 rings (SSSR count). The molecule has 1 heterocycles. The molecule has 0 amide bonds. The van der Waals surface area contributed by atoms with Crippen molar-refractivity contribution in [3.8, 4) is 0 Å². The number of hydrogen-bond acceptors (Lipinski definition) is 4. The van der Waals surface area contributed by atoms with Crippen LogP contribution in [0.1, 0.15) is 36.7 Å². The maximum absolute atomic E-state index is 13.7. The van der Waals surface area contributed by atoms with Gasteiger partial charge in [0.15, 0.2) is 0 Å². The van der Waals surface area contributed by atoms with Gasteiger partial charge in [0.25, 0.3) is 0 Å². The van der Waals surface area contributed by atoms with Gasteiger partial charge in [0, 0.05) is 15.0 Å². The second kappa shape index (κ2) is 6.01. The largest absolute Gasteiger partial charge is 0.393 e. The molecule has 1 fully saturated rings. The predicted octanol–water partition coefficient (Wildman–Crippen LogP) is 2.99. The highest BCUT2D eigenvalue weighted by atomic mass is 32.1. The van der Waals surface area contributed by atoms with Gasteiger partial charge in [0.05, 0.1) is 18.3 Å². The molecule has 3 N–H and O–H groups in total. The number of rotatable bonds is 4.